The SMILES string of the molecule is CC(C)CCCCCCNS(=O)(=O)c1ccccc1. The normalized spacial score (nSPS) is 11.9. The molecule has 0 unspecified atom stereocenters. The van der Waals surface area contributed by atoms with Crippen LogP contribution in [0.2, 0.25) is 0 Å². The molecular formula is C15H25NO2S. The van der Waals surface area contributed by atoms with Crippen LogP contribution in [0, 0.1) is 5.92 Å². The summed E-state index contributed by atoms with van der Waals surface area (Å²) in [6.45, 7) is 4.99. The molecule has 0 bridgehead atoms. The lowest BCUT2D eigenvalue weighted by atomic mass is 10.0. The van der Waals surface area contributed by atoms with Gasteiger partial charge in [-0.05, 0) is 24.5 Å². The summed E-state index contributed by atoms with van der Waals surface area (Å²) < 4.78 is 26.4. The van der Waals surface area contributed by atoms with Crippen LogP contribution in [0.5, 0.6) is 0 Å². The van der Waals surface area contributed by atoms with Crippen molar-refractivity contribution in [3.63, 3.8) is 0 Å². The van der Waals surface area contributed by atoms with Crippen LogP contribution in [-0.2, 0) is 10.0 Å². The van der Waals surface area contributed by atoms with Gasteiger partial charge in [-0.1, -0.05) is 57.7 Å². The Bertz CT molecular complexity index is 440. The lowest BCUT2D eigenvalue weighted by molar-refractivity contribution is 0.517. The Hall–Kier alpha value is -0.870. The highest BCUT2D eigenvalue weighted by Crippen LogP contribution is 2.10. The molecule has 0 saturated carbocycles. The van der Waals surface area contributed by atoms with Gasteiger partial charge in [0.15, 0.2) is 0 Å². The molecule has 108 valence electrons. The number of hydrogen-bond donors (Lipinski definition) is 1. The van der Waals surface area contributed by atoms with Crippen LogP contribution in [0.25, 0.3) is 0 Å². The summed E-state index contributed by atoms with van der Waals surface area (Å²) >= 11 is 0. The van der Waals surface area contributed by atoms with Crippen molar-refractivity contribution in [1.29, 1.82) is 0 Å². The number of unbranched alkanes of at least 4 members (excludes halogenated alkanes) is 3. The fourth-order valence-electron chi connectivity index (χ4n) is 1.92. The number of nitrogens with one attached hydrogen (secondary N) is 1. The monoisotopic (exact) mass is 283 g/mol. The molecule has 3 nitrogen and oxygen atoms in total. The molecule has 0 aliphatic heterocycles. The molecule has 1 aromatic carbocycles. The van der Waals surface area contributed by atoms with Crippen LogP contribution in [0.4, 0.5) is 0 Å². The summed E-state index contributed by atoms with van der Waals surface area (Å²) in [4.78, 5) is 0.342. The van der Waals surface area contributed by atoms with Crippen molar-refractivity contribution in [2.24, 2.45) is 5.92 Å². The van der Waals surface area contributed by atoms with Gasteiger partial charge in [0.1, 0.15) is 0 Å². The van der Waals surface area contributed by atoms with E-state index in [0.717, 1.165) is 18.8 Å². The maximum Gasteiger partial charge on any atom is 0.240 e. The highest BCUT2D eigenvalue weighted by atomic mass is 32.2. The second-order valence-corrected chi connectivity index (χ2v) is 7.07. The van der Waals surface area contributed by atoms with E-state index in [9.17, 15) is 8.42 Å². The molecule has 0 heterocycles. The highest BCUT2D eigenvalue weighted by Gasteiger charge is 2.11. The van der Waals surface area contributed by atoms with Crippen molar-refractivity contribution in [3.05, 3.63) is 30.3 Å². The van der Waals surface area contributed by atoms with Gasteiger partial charge >= 0.3 is 0 Å². The Labute approximate surface area is 117 Å². The Morgan fingerprint density at radius 2 is 1.63 bits per heavy atom. The highest BCUT2D eigenvalue weighted by molar-refractivity contribution is 7.89. The van der Waals surface area contributed by atoms with E-state index in [-0.39, 0.29) is 0 Å². The maximum atomic E-state index is 11.9. The topological polar surface area (TPSA) is 46.2 Å². The molecule has 0 aromatic heterocycles. The van der Waals surface area contributed by atoms with Crippen LogP contribution in [0.1, 0.15) is 46.0 Å². The second-order valence-electron chi connectivity index (χ2n) is 5.31. The minimum absolute atomic E-state index is 0.342. The Morgan fingerprint density at radius 1 is 1.00 bits per heavy atom. The van der Waals surface area contributed by atoms with Crippen molar-refractivity contribution >= 4 is 10.0 Å². The van der Waals surface area contributed by atoms with Crippen molar-refractivity contribution in [2.75, 3.05) is 6.54 Å². The first-order valence-corrected chi connectivity index (χ1v) is 8.55. The summed E-state index contributed by atoms with van der Waals surface area (Å²) in [7, 11) is -3.32. The van der Waals surface area contributed by atoms with E-state index in [4.69, 9.17) is 0 Å². The third-order valence-corrected chi connectivity index (χ3v) is 4.53. The third kappa shape index (κ3) is 6.73. The maximum absolute atomic E-state index is 11.9. The van der Waals surface area contributed by atoms with Crippen LogP contribution in [0.15, 0.2) is 35.2 Å². The van der Waals surface area contributed by atoms with E-state index < -0.39 is 10.0 Å². The zero-order valence-corrected chi connectivity index (χ0v) is 12.7. The van der Waals surface area contributed by atoms with Gasteiger partial charge < -0.3 is 0 Å². The molecule has 0 aliphatic carbocycles. The zero-order valence-electron chi connectivity index (χ0n) is 11.9. The minimum Gasteiger partial charge on any atom is -0.211 e. The van der Waals surface area contributed by atoms with Crippen molar-refractivity contribution in [2.45, 2.75) is 50.8 Å². The van der Waals surface area contributed by atoms with E-state index in [1.54, 1.807) is 24.3 Å². The van der Waals surface area contributed by atoms with Crippen LogP contribution in [-0.4, -0.2) is 15.0 Å². The second kappa shape index (κ2) is 8.33. The molecule has 19 heavy (non-hydrogen) atoms. The summed E-state index contributed by atoms with van der Waals surface area (Å²) in [6, 6.07) is 8.52. The van der Waals surface area contributed by atoms with Crippen molar-refractivity contribution in [3.8, 4) is 0 Å². The lowest BCUT2D eigenvalue weighted by Gasteiger charge is -2.07. The minimum atomic E-state index is -3.32. The van der Waals surface area contributed by atoms with E-state index in [2.05, 4.69) is 18.6 Å². The molecule has 4 heteroatoms. The molecule has 1 aromatic rings. The number of hydrogen-bond acceptors (Lipinski definition) is 2. The largest absolute Gasteiger partial charge is 0.240 e. The van der Waals surface area contributed by atoms with E-state index in [0.29, 0.717) is 11.4 Å². The first-order valence-electron chi connectivity index (χ1n) is 7.07. The Morgan fingerprint density at radius 3 is 2.26 bits per heavy atom. The zero-order chi connectivity index (χ0) is 14.1. The fourth-order valence-corrected chi connectivity index (χ4v) is 3.02. The van der Waals surface area contributed by atoms with Gasteiger partial charge in [-0.2, -0.15) is 0 Å². The predicted molar refractivity (Wildman–Crippen MR) is 79.6 cm³/mol. The molecule has 0 atom stereocenters. The predicted octanol–water partition coefficient (Wildman–Crippen LogP) is 3.57. The molecule has 0 fully saturated rings. The first kappa shape index (κ1) is 16.2. The molecule has 0 saturated heterocycles. The van der Waals surface area contributed by atoms with E-state index >= 15 is 0 Å². The fraction of sp³-hybridized carbons (Fsp3) is 0.600. The van der Waals surface area contributed by atoms with Gasteiger partial charge in [-0.3, -0.25) is 0 Å². The van der Waals surface area contributed by atoms with Gasteiger partial charge in [0, 0.05) is 6.54 Å². The van der Waals surface area contributed by atoms with Crippen LogP contribution in [0.3, 0.4) is 0 Å². The van der Waals surface area contributed by atoms with Gasteiger partial charge in [-0.15, -0.1) is 0 Å². The standard InChI is InChI=1S/C15H25NO2S/c1-14(2)10-6-3-4-9-13-16-19(17,18)15-11-7-5-8-12-15/h5,7-8,11-12,14,16H,3-4,6,9-10,13H2,1-2H3. The molecule has 0 radical (unpaired) electrons. The Kier molecular flexibility index (Phi) is 7.10. The first-order chi connectivity index (χ1) is 9.02. The average molecular weight is 283 g/mol. The van der Waals surface area contributed by atoms with Gasteiger partial charge in [0.2, 0.25) is 10.0 Å². The van der Waals surface area contributed by atoms with Crippen LogP contribution >= 0.6 is 0 Å². The summed E-state index contributed by atoms with van der Waals surface area (Å²) in [5.74, 6) is 0.761. The van der Waals surface area contributed by atoms with Crippen molar-refractivity contribution in [1.82, 2.24) is 4.72 Å². The summed E-state index contributed by atoms with van der Waals surface area (Å²) in [5.41, 5.74) is 0. The van der Waals surface area contributed by atoms with Crippen molar-refractivity contribution < 1.29 is 8.42 Å². The molecule has 0 amide bonds. The van der Waals surface area contributed by atoms with E-state index in [1.165, 1.54) is 19.3 Å². The lowest BCUT2D eigenvalue weighted by Crippen LogP contribution is -2.24. The van der Waals surface area contributed by atoms with Gasteiger partial charge in [-0.25, -0.2) is 13.1 Å². The molecular weight excluding hydrogens is 258 g/mol. The average Bonchev–Trinajstić information content (AvgIpc) is 2.38. The van der Waals surface area contributed by atoms with Gasteiger partial charge in [0.25, 0.3) is 0 Å². The molecule has 0 aliphatic rings. The summed E-state index contributed by atoms with van der Waals surface area (Å²) in [6.07, 6.45) is 5.68. The van der Waals surface area contributed by atoms with E-state index in [1.807, 2.05) is 6.07 Å². The summed E-state index contributed by atoms with van der Waals surface area (Å²) in [5, 5.41) is 0. The number of benzene rings is 1. The molecule has 1 N–H and O–H groups in total. The smallest absolute Gasteiger partial charge is 0.211 e. The molecule has 0 spiro atoms. The quantitative estimate of drug-likeness (QED) is 0.704. The van der Waals surface area contributed by atoms with Gasteiger partial charge in [0.05, 0.1) is 4.90 Å². The third-order valence-electron chi connectivity index (χ3n) is 3.05. The number of sulfonamides is 1. The van der Waals surface area contributed by atoms with Crippen LogP contribution < -0.4 is 4.72 Å². The number of rotatable bonds is 9. The Balaban J connectivity index is 2.19. The molecule has 1 rings (SSSR count).